The third kappa shape index (κ3) is 3.29. The SMILES string of the molecule is O=C(O)C(C=NC1CC1)=C(O)c1cc(F)c(Cl)cc1Cl. The van der Waals surface area contributed by atoms with Crippen LogP contribution in [0.2, 0.25) is 10.0 Å². The molecule has 0 radical (unpaired) electrons. The van der Waals surface area contributed by atoms with Crippen LogP contribution in [-0.4, -0.2) is 28.4 Å². The van der Waals surface area contributed by atoms with E-state index in [9.17, 15) is 14.3 Å². The van der Waals surface area contributed by atoms with E-state index in [-0.39, 0.29) is 21.7 Å². The van der Waals surface area contributed by atoms with Crippen LogP contribution in [0, 0.1) is 5.82 Å². The van der Waals surface area contributed by atoms with Crippen LogP contribution in [0.1, 0.15) is 18.4 Å². The van der Waals surface area contributed by atoms with Gasteiger partial charge in [-0.1, -0.05) is 23.2 Å². The van der Waals surface area contributed by atoms with Crippen molar-refractivity contribution in [2.75, 3.05) is 0 Å². The highest BCUT2D eigenvalue weighted by Crippen LogP contribution is 2.30. The number of hydrogen-bond donors (Lipinski definition) is 2. The molecule has 1 aromatic carbocycles. The number of halogens is 3. The van der Waals surface area contributed by atoms with Crippen molar-refractivity contribution in [2.24, 2.45) is 4.99 Å². The molecular weight excluding hydrogens is 308 g/mol. The molecule has 1 saturated carbocycles. The van der Waals surface area contributed by atoms with Gasteiger partial charge in [0.15, 0.2) is 0 Å². The van der Waals surface area contributed by atoms with Crippen LogP contribution in [-0.2, 0) is 4.79 Å². The van der Waals surface area contributed by atoms with Gasteiger partial charge in [0, 0.05) is 11.8 Å². The third-order valence-corrected chi connectivity index (χ3v) is 3.31. The number of aliphatic hydroxyl groups excluding tert-OH is 1. The average molecular weight is 318 g/mol. The van der Waals surface area contributed by atoms with Crippen molar-refractivity contribution in [3.63, 3.8) is 0 Å². The first-order valence-electron chi connectivity index (χ1n) is 5.74. The lowest BCUT2D eigenvalue weighted by molar-refractivity contribution is -0.132. The molecule has 2 rings (SSSR count). The van der Waals surface area contributed by atoms with Crippen LogP contribution in [0.3, 0.4) is 0 Å². The molecule has 4 nitrogen and oxygen atoms in total. The van der Waals surface area contributed by atoms with Crippen LogP contribution < -0.4 is 0 Å². The summed E-state index contributed by atoms with van der Waals surface area (Å²) in [4.78, 5) is 15.1. The number of nitrogens with zero attached hydrogens (tertiary/aromatic N) is 1. The third-order valence-electron chi connectivity index (χ3n) is 2.71. The minimum atomic E-state index is -1.38. The Labute approximate surface area is 124 Å². The van der Waals surface area contributed by atoms with E-state index in [2.05, 4.69) is 4.99 Å². The highest BCUT2D eigenvalue weighted by atomic mass is 35.5. The smallest absolute Gasteiger partial charge is 0.341 e. The van der Waals surface area contributed by atoms with Crippen LogP contribution >= 0.6 is 23.2 Å². The molecule has 0 aromatic heterocycles. The molecule has 1 aromatic rings. The lowest BCUT2D eigenvalue weighted by Crippen LogP contribution is -2.07. The molecule has 0 unspecified atom stereocenters. The zero-order valence-corrected chi connectivity index (χ0v) is 11.6. The van der Waals surface area contributed by atoms with Crippen LogP contribution in [0.15, 0.2) is 22.7 Å². The molecule has 1 aliphatic carbocycles. The van der Waals surface area contributed by atoms with E-state index in [0.717, 1.165) is 31.2 Å². The van der Waals surface area contributed by atoms with E-state index < -0.39 is 23.1 Å². The fourth-order valence-electron chi connectivity index (χ4n) is 1.47. The van der Waals surface area contributed by atoms with Crippen molar-refractivity contribution in [1.82, 2.24) is 0 Å². The predicted octanol–water partition coefficient (Wildman–Crippen LogP) is 3.72. The Morgan fingerprint density at radius 2 is 1.95 bits per heavy atom. The Bertz CT molecular complexity index is 624. The molecule has 0 heterocycles. The first-order chi connectivity index (χ1) is 9.40. The Morgan fingerprint density at radius 1 is 1.30 bits per heavy atom. The maximum atomic E-state index is 13.4. The molecule has 20 heavy (non-hydrogen) atoms. The van der Waals surface area contributed by atoms with Gasteiger partial charge in [-0.3, -0.25) is 4.99 Å². The van der Waals surface area contributed by atoms with Crippen molar-refractivity contribution < 1.29 is 19.4 Å². The molecule has 0 spiro atoms. The van der Waals surface area contributed by atoms with E-state index >= 15 is 0 Å². The second-order valence-electron chi connectivity index (χ2n) is 4.32. The fourth-order valence-corrected chi connectivity index (χ4v) is 1.94. The normalized spacial score (nSPS) is 16.4. The summed E-state index contributed by atoms with van der Waals surface area (Å²) >= 11 is 11.4. The number of aliphatic hydroxyl groups is 1. The molecule has 0 atom stereocenters. The number of benzene rings is 1. The summed E-state index contributed by atoms with van der Waals surface area (Å²) < 4.78 is 13.4. The van der Waals surface area contributed by atoms with Crippen molar-refractivity contribution in [2.45, 2.75) is 18.9 Å². The van der Waals surface area contributed by atoms with E-state index in [0.29, 0.717) is 0 Å². The lowest BCUT2D eigenvalue weighted by Gasteiger charge is -2.07. The summed E-state index contributed by atoms with van der Waals surface area (Å²) in [6.45, 7) is 0. The van der Waals surface area contributed by atoms with Crippen molar-refractivity contribution in [1.29, 1.82) is 0 Å². The molecule has 106 valence electrons. The predicted molar refractivity (Wildman–Crippen MR) is 75.1 cm³/mol. The van der Waals surface area contributed by atoms with Gasteiger partial charge in [-0.2, -0.15) is 0 Å². The highest BCUT2D eigenvalue weighted by Gasteiger charge is 2.22. The second kappa shape index (κ2) is 5.81. The van der Waals surface area contributed by atoms with E-state index in [1.165, 1.54) is 0 Å². The maximum Gasteiger partial charge on any atom is 0.341 e. The van der Waals surface area contributed by atoms with Crippen molar-refractivity contribution >= 4 is 41.1 Å². The molecule has 0 aliphatic heterocycles. The van der Waals surface area contributed by atoms with Gasteiger partial charge < -0.3 is 10.2 Å². The van der Waals surface area contributed by atoms with E-state index in [1.54, 1.807) is 0 Å². The molecule has 0 saturated heterocycles. The van der Waals surface area contributed by atoms with Crippen molar-refractivity contribution in [3.8, 4) is 0 Å². The first-order valence-corrected chi connectivity index (χ1v) is 6.50. The van der Waals surface area contributed by atoms with Gasteiger partial charge in [-0.05, 0) is 25.0 Å². The molecule has 0 amide bonds. The number of rotatable bonds is 4. The Balaban J connectivity index is 2.48. The minimum absolute atomic E-state index is 0.0486. The number of carboxylic acid groups (broad SMARTS) is 1. The van der Waals surface area contributed by atoms with Gasteiger partial charge in [0.1, 0.15) is 17.1 Å². The molecule has 7 heteroatoms. The van der Waals surface area contributed by atoms with Gasteiger partial charge in [-0.25, -0.2) is 9.18 Å². The minimum Gasteiger partial charge on any atom is -0.506 e. The van der Waals surface area contributed by atoms with Crippen LogP contribution in [0.5, 0.6) is 0 Å². The molecule has 1 fully saturated rings. The number of carbonyl (C=O) groups is 1. The number of carboxylic acids is 1. The zero-order chi connectivity index (χ0) is 14.9. The Morgan fingerprint density at radius 3 is 2.50 bits per heavy atom. The van der Waals surface area contributed by atoms with Crippen LogP contribution in [0.4, 0.5) is 4.39 Å². The molecule has 2 N–H and O–H groups in total. The summed E-state index contributed by atoms with van der Waals surface area (Å²) in [7, 11) is 0. The van der Waals surface area contributed by atoms with Gasteiger partial charge in [-0.15, -0.1) is 0 Å². The summed E-state index contributed by atoms with van der Waals surface area (Å²) in [6, 6.07) is 2.07. The molecule has 1 aliphatic rings. The number of hydrogen-bond acceptors (Lipinski definition) is 3. The monoisotopic (exact) mass is 317 g/mol. The van der Waals surface area contributed by atoms with E-state index in [1.807, 2.05) is 0 Å². The zero-order valence-electron chi connectivity index (χ0n) is 10.1. The molecular formula is C13H10Cl2FNO3. The van der Waals surface area contributed by atoms with Gasteiger partial charge in [0.25, 0.3) is 0 Å². The summed E-state index contributed by atoms with van der Waals surface area (Å²) in [6.07, 6.45) is 2.85. The van der Waals surface area contributed by atoms with E-state index in [4.69, 9.17) is 28.3 Å². The van der Waals surface area contributed by atoms with Gasteiger partial charge in [0.05, 0.1) is 16.1 Å². The highest BCUT2D eigenvalue weighted by molar-refractivity contribution is 6.36. The molecule has 0 bridgehead atoms. The van der Waals surface area contributed by atoms with Crippen molar-refractivity contribution in [3.05, 3.63) is 39.1 Å². The second-order valence-corrected chi connectivity index (χ2v) is 5.14. The van der Waals surface area contributed by atoms with Gasteiger partial charge in [0.2, 0.25) is 0 Å². The fraction of sp³-hybridized carbons (Fsp3) is 0.231. The average Bonchev–Trinajstić information content (AvgIpc) is 3.17. The number of aliphatic carboxylic acids is 1. The maximum absolute atomic E-state index is 13.4. The summed E-state index contributed by atoms with van der Waals surface area (Å²) in [5, 5.41) is 18.8. The van der Waals surface area contributed by atoms with Gasteiger partial charge >= 0.3 is 5.97 Å². The lowest BCUT2D eigenvalue weighted by atomic mass is 10.1. The number of aliphatic imine (C=N–C) groups is 1. The largest absolute Gasteiger partial charge is 0.506 e. The van der Waals surface area contributed by atoms with Crippen LogP contribution in [0.25, 0.3) is 5.76 Å². The first kappa shape index (κ1) is 14.8. The summed E-state index contributed by atoms with van der Waals surface area (Å²) in [5.41, 5.74) is -0.589. The summed E-state index contributed by atoms with van der Waals surface area (Å²) in [5.74, 6) is -2.83. The Hall–Kier alpha value is -1.59. The topological polar surface area (TPSA) is 69.9 Å². The standard InChI is InChI=1S/C13H10Cl2FNO3/c14-9-4-10(15)11(16)3-7(9)12(18)8(13(19)20)5-17-6-1-2-6/h3-6,18H,1-2H2,(H,19,20). The quantitative estimate of drug-likeness (QED) is 0.385. The Kier molecular flexibility index (Phi) is 4.30.